The van der Waals surface area contributed by atoms with E-state index in [9.17, 15) is 21.6 Å². The summed E-state index contributed by atoms with van der Waals surface area (Å²) in [5.41, 5.74) is 0.813. The molecule has 0 aliphatic heterocycles. The quantitative estimate of drug-likeness (QED) is 0.686. The molecule has 0 fully saturated rings. The molecule has 3 rings (SSSR count). The minimum Gasteiger partial charge on any atom is -0.368 e. The number of sulfonamides is 1. The molecule has 12 heteroatoms. The molecule has 0 bridgehead atoms. The third kappa shape index (κ3) is 3.91. The zero-order valence-electron chi connectivity index (χ0n) is 13.1. The van der Waals surface area contributed by atoms with Gasteiger partial charge in [-0.2, -0.15) is 17.7 Å². The number of alkyl halides is 3. The third-order valence-electron chi connectivity index (χ3n) is 3.49. The lowest BCUT2D eigenvalue weighted by atomic mass is 10.1. The predicted octanol–water partition coefficient (Wildman–Crippen LogP) is 1.45. The van der Waals surface area contributed by atoms with Gasteiger partial charge >= 0.3 is 6.18 Å². The number of fused-ring (bicyclic) bond motifs is 1. The van der Waals surface area contributed by atoms with Gasteiger partial charge in [-0.3, -0.25) is 0 Å². The van der Waals surface area contributed by atoms with Crippen molar-refractivity contribution < 1.29 is 21.6 Å². The van der Waals surface area contributed by atoms with Gasteiger partial charge in [-0.25, -0.2) is 13.6 Å². The molecule has 0 unspecified atom stereocenters. The average Bonchev–Trinajstić information content (AvgIpc) is 2.98. The molecule has 0 atom stereocenters. The number of primary sulfonamides is 1. The summed E-state index contributed by atoms with van der Waals surface area (Å²) in [6.07, 6.45) is -4.16. The fraction of sp³-hybridized carbons (Fsp3) is 0.214. The summed E-state index contributed by atoms with van der Waals surface area (Å²) in [6.45, 7) is 0.372. The van der Waals surface area contributed by atoms with E-state index < -0.39 is 22.0 Å². The molecule has 0 aliphatic rings. The number of anilines is 1. The van der Waals surface area contributed by atoms with E-state index in [-0.39, 0.29) is 16.4 Å². The smallest absolute Gasteiger partial charge is 0.368 e. The van der Waals surface area contributed by atoms with Crippen LogP contribution in [0.1, 0.15) is 11.4 Å². The van der Waals surface area contributed by atoms with Crippen LogP contribution in [0.2, 0.25) is 0 Å². The van der Waals surface area contributed by atoms with Gasteiger partial charge in [0.05, 0.1) is 4.90 Å². The molecule has 2 heterocycles. The maximum Gasteiger partial charge on any atom is 0.453 e. The summed E-state index contributed by atoms with van der Waals surface area (Å²) in [7, 11) is -3.75. The van der Waals surface area contributed by atoms with E-state index in [1.165, 1.54) is 24.3 Å². The molecule has 0 spiro atoms. The number of rotatable bonds is 5. The second kappa shape index (κ2) is 6.53. The molecule has 8 nitrogen and oxygen atoms in total. The van der Waals surface area contributed by atoms with E-state index in [1.807, 2.05) is 0 Å². The van der Waals surface area contributed by atoms with Crippen LogP contribution < -0.4 is 10.5 Å². The molecular weight excluding hydrogens is 373 g/mol. The van der Waals surface area contributed by atoms with Crippen molar-refractivity contribution in [1.29, 1.82) is 0 Å². The van der Waals surface area contributed by atoms with Gasteiger partial charge in [0.15, 0.2) is 5.65 Å². The Morgan fingerprint density at radius 3 is 2.38 bits per heavy atom. The summed E-state index contributed by atoms with van der Waals surface area (Å²) in [6, 6.07) is 8.87. The fourth-order valence-corrected chi connectivity index (χ4v) is 2.76. The number of hydrogen-bond donors (Lipinski definition) is 2. The van der Waals surface area contributed by atoms with Crippen LogP contribution >= 0.6 is 0 Å². The Kier molecular flexibility index (Phi) is 4.54. The van der Waals surface area contributed by atoms with E-state index in [0.29, 0.717) is 17.5 Å². The first kappa shape index (κ1) is 18.1. The summed E-state index contributed by atoms with van der Waals surface area (Å²) in [5.74, 6) is -0.973. The van der Waals surface area contributed by atoms with Crippen LogP contribution in [0, 0.1) is 0 Å². The van der Waals surface area contributed by atoms with Crippen molar-refractivity contribution in [2.45, 2.75) is 17.5 Å². The molecule has 0 radical (unpaired) electrons. The molecule has 0 saturated heterocycles. The van der Waals surface area contributed by atoms with Crippen LogP contribution in [0.5, 0.6) is 0 Å². The average molecular weight is 386 g/mol. The maximum atomic E-state index is 12.8. The van der Waals surface area contributed by atoms with Gasteiger partial charge in [-0.05, 0) is 36.2 Å². The Bertz CT molecular complexity index is 1030. The Morgan fingerprint density at radius 2 is 1.77 bits per heavy atom. The number of hydrogen-bond acceptors (Lipinski definition) is 6. The highest BCUT2D eigenvalue weighted by Crippen LogP contribution is 2.27. The van der Waals surface area contributed by atoms with E-state index in [4.69, 9.17) is 5.14 Å². The van der Waals surface area contributed by atoms with Gasteiger partial charge in [0, 0.05) is 6.54 Å². The summed E-state index contributed by atoms with van der Waals surface area (Å²) >= 11 is 0. The number of halogens is 3. The van der Waals surface area contributed by atoms with E-state index >= 15 is 0 Å². The molecule has 3 aromatic rings. The van der Waals surface area contributed by atoms with Crippen molar-refractivity contribution in [2.75, 3.05) is 11.9 Å². The monoisotopic (exact) mass is 386 g/mol. The predicted molar refractivity (Wildman–Crippen MR) is 85.8 cm³/mol. The van der Waals surface area contributed by atoms with E-state index in [1.54, 1.807) is 12.1 Å². The van der Waals surface area contributed by atoms with Crippen molar-refractivity contribution in [3.8, 4) is 0 Å². The highest BCUT2D eigenvalue weighted by molar-refractivity contribution is 7.89. The van der Waals surface area contributed by atoms with Gasteiger partial charge in [-0.15, -0.1) is 15.3 Å². The maximum absolute atomic E-state index is 12.8. The largest absolute Gasteiger partial charge is 0.453 e. The SMILES string of the molecule is NS(=O)(=O)c1ccc(CCNc2ccc3nnc(C(F)(F)F)n3n2)cc1. The zero-order chi connectivity index (χ0) is 18.9. The Morgan fingerprint density at radius 1 is 1.08 bits per heavy atom. The Hall–Kier alpha value is -2.73. The molecule has 3 N–H and O–H groups in total. The minimum absolute atomic E-state index is 0.00798. The molecular formula is C14H13F3N6O2S. The van der Waals surface area contributed by atoms with E-state index in [2.05, 4.69) is 20.6 Å². The standard InChI is InChI=1S/C14H13F3N6O2S/c15-14(16,17)13-21-20-12-6-5-11(22-23(12)13)19-8-7-9-1-3-10(4-2-9)26(18,24)25/h1-6H,7-8H2,(H,19,22)(H2,18,24,25). The van der Waals surface area contributed by atoms with Crippen molar-refractivity contribution >= 4 is 21.5 Å². The van der Waals surface area contributed by atoms with Crippen LogP contribution in [0.4, 0.5) is 19.0 Å². The van der Waals surface area contributed by atoms with Crippen LogP contribution in [0.3, 0.4) is 0 Å². The van der Waals surface area contributed by atoms with Crippen LogP contribution in [0.25, 0.3) is 5.65 Å². The first-order valence-corrected chi connectivity index (χ1v) is 8.84. The van der Waals surface area contributed by atoms with Crippen molar-refractivity contribution in [3.05, 3.63) is 47.8 Å². The molecule has 0 amide bonds. The number of nitrogens with two attached hydrogens (primary N) is 1. The van der Waals surface area contributed by atoms with Gasteiger partial charge < -0.3 is 5.32 Å². The summed E-state index contributed by atoms with van der Waals surface area (Å²) in [5, 5.41) is 18.3. The van der Waals surface area contributed by atoms with Crippen LogP contribution in [-0.2, 0) is 22.6 Å². The van der Waals surface area contributed by atoms with Gasteiger partial charge in [-0.1, -0.05) is 12.1 Å². The van der Waals surface area contributed by atoms with Crippen molar-refractivity contribution in [1.82, 2.24) is 19.8 Å². The number of nitrogens with one attached hydrogen (secondary N) is 1. The molecule has 0 aliphatic carbocycles. The summed E-state index contributed by atoms with van der Waals surface area (Å²) in [4.78, 5) is 0.00798. The minimum atomic E-state index is -4.66. The number of benzene rings is 1. The Labute approximate surface area is 145 Å². The lowest BCUT2D eigenvalue weighted by Gasteiger charge is -2.08. The summed E-state index contributed by atoms with van der Waals surface area (Å²) < 4.78 is 61.5. The highest BCUT2D eigenvalue weighted by Gasteiger charge is 2.37. The third-order valence-corrected chi connectivity index (χ3v) is 4.42. The Balaban J connectivity index is 1.68. The number of nitrogens with zero attached hydrogens (tertiary/aromatic N) is 4. The van der Waals surface area contributed by atoms with Crippen molar-refractivity contribution in [2.24, 2.45) is 5.14 Å². The highest BCUT2D eigenvalue weighted by atomic mass is 32.2. The normalized spacial score (nSPS) is 12.5. The second-order valence-corrected chi connectivity index (χ2v) is 6.94. The zero-order valence-corrected chi connectivity index (χ0v) is 13.9. The van der Waals surface area contributed by atoms with Gasteiger partial charge in [0.25, 0.3) is 5.82 Å². The topological polar surface area (TPSA) is 115 Å². The van der Waals surface area contributed by atoms with Gasteiger partial charge in [0.2, 0.25) is 10.0 Å². The first-order chi connectivity index (χ1) is 12.1. The fourth-order valence-electron chi connectivity index (χ4n) is 2.24. The lowest BCUT2D eigenvalue weighted by Crippen LogP contribution is -2.14. The van der Waals surface area contributed by atoms with Crippen molar-refractivity contribution in [3.63, 3.8) is 0 Å². The van der Waals surface area contributed by atoms with Gasteiger partial charge in [0.1, 0.15) is 5.82 Å². The van der Waals surface area contributed by atoms with Crippen LogP contribution in [-0.4, -0.2) is 34.8 Å². The first-order valence-electron chi connectivity index (χ1n) is 7.30. The molecule has 0 saturated carbocycles. The molecule has 26 heavy (non-hydrogen) atoms. The lowest BCUT2D eigenvalue weighted by molar-refractivity contribution is -0.146. The van der Waals surface area contributed by atoms with Crippen LogP contribution in [0.15, 0.2) is 41.3 Å². The number of aromatic nitrogens is 4. The second-order valence-electron chi connectivity index (χ2n) is 5.38. The molecule has 2 aromatic heterocycles. The van der Waals surface area contributed by atoms with E-state index in [0.717, 1.165) is 5.56 Å². The molecule has 138 valence electrons. The molecule has 1 aromatic carbocycles.